The van der Waals surface area contributed by atoms with E-state index in [9.17, 15) is 19.8 Å². The fourth-order valence-corrected chi connectivity index (χ4v) is 2.46. The van der Waals surface area contributed by atoms with Crippen molar-refractivity contribution in [3.8, 4) is 11.5 Å². The highest BCUT2D eigenvalue weighted by atomic mass is 16.3. The predicted octanol–water partition coefficient (Wildman–Crippen LogP) is 2.07. The number of rotatable bonds is 5. The number of nitrogens with zero attached hydrogens (tertiary/aromatic N) is 2. The largest absolute Gasteiger partial charge is 0.504 e. The van der Waals surface area contributed by atoms with E-state index in [1.165, 1.54) is 35.0 Å². The van der Waals surface area contributed by atoms with Gasteiger partial charge in [0.25, 0.3) is 11.5 Å². The van der Waals surface area contributed by atoms with Gasteiger partial charge < -0.3 is 14.8 Å². The van der Waals surface area contributed by atoms with Crippen molar-refractivity contribution in [2.24, 2.45) is 5.10 Å². The van der Waals surface area contributed by atoms with Crippen molar-refractivity contribution >= 4 is 12.1 Å². The Hall–Kier alpha value is -3.87. The van der Waals surface area contributed by atoms with E-state index in [1.807, 2.05) is 30.3 Å². The van der Waals surface area contributed by atoms with Crippen LogP contribution in [0.3, 0.4) is 0 Å². The van der Waals surface area contributed by atoms with Gasteiger partial charge in [0, 0.05) is 6.20 Å². The van der Waals surface area contributed by atoms with Crippen molar-refractivity contribution in [2.75, 3.05) is 0 Å². The van der Waals surface area contributed by atoms with E-state index in [1.54, 1.807) is 12.3 Å². The van der Waals surface area contributed by atoms with Crippen LogP contribution >= 0.6 is 0 Å². The molecule has 3 aromatic rings. The molecule has 0 bridgehead atoms. The highest BCUT2D eigenvalue weighted by Crippen LogP contribution is 2.23. The fourth-order valence-electron chi connectivity index (χ4n) is 2.46. The normalized spacial score (nSPS) is 10.8. The summed E-state index contributed by atoms with van der Waals surface area (Å²) in [4.78, 5) is 24.8. The summed E-state index contributed by atoms with van der Waals surface area (Å²) >= 11 is 0. The van der Waals surface area contributed by atoms with Gasteiger partial charge in [0.2, 0.25) is 0 Å². The third-order valence-corrected chi connectivity index (χ3v) is 3.84. The van der Waals surface area contributed by atoms with Gasteiger partial charge in [-0.1, -0.05) is 30.3 Å². The smallest absolute Gasteiger partial charge is 0.276 e. The highest BCUT2D eigenvalue weighted by Gasteiger charge is 2.11. The van der Waals surface area contributed by atoms with E-state index < -0.39 is 11.5 Å². The third kappa shape index (κ3) is 4.40. The van der Waals surface area contributed by atoms with E-state index in [-0.39, 0.29) is 17.1 Å². The molecule has 0 saturated heterocycles. The summed E-state index contributed by atoms with van der Waals surface area (Å²) in [7, 11) is 0. The Bertz CT molecular complexity index is 1040. The zero-order valence-electron chi connectivity index (χ0n) is 14.2. The molecule has 3 N–H and O–H groups in total. The SMILES string of the molecule is O=C(N/N=C\c1ccc(O)c(O)c1)c1cccn(Cc2ccccc2)c1=O. The number of pyridine rings is 1. The van der Waals surface area contributed by atoms with E-state index in [4.69, 9.17) is 0 Å². The summed E-state index contributed by atoms with van der Waals surface area (Å²) < 4.78 is 1.45. The summed E-state index contributed by atoms with van der Waals surface area (Å²) in [5.41, 5.74) is 3.26. The molecule has 0 radical (unpaired) electrons. The van der Waals surface area contributed by atoms with Crippen LogP contribution < -0.4 is 11.0 Å². The van der Waals surface area contributed by atoms with Gasteiger partial charge in [-0.15, -0.1) is 0 Å². The molecule has 0 saturated carbocycles. The molecule has 1 amide bonds. The number of phenols is 2. The van der Waals surface area contributed by atoms with Gasteiger partial charge in [-0.2, -0.15) is 5.10 Å². The minimum absolute atomic E-state index is 0.0286. The second kappa shape index (κ2) is 8.01. The van der Waals surface area contributed by atoms with Crippen LogP contribution in [0.2, 0.25) is 0 Å². The molecule has 0 aliphatic heterocycles. The maximum absolute atomic E-state index is 12.5. The van der Waals surface area contributed by atoms with Gasteiger partial charge in [0.05, 0.1) is 12.8 Å². The molecule has 3 rings (SSSR count). The van der Waals surface area contributed by atoms with Crippen LogP contribution in [0.4, 0.5) is 0 Å². The van der Waals surface area contributed by atoms with E-state index in [2.05, 4.69) is 10.5 Å². The van der Waals surface area contributed by atoms with Gasteiger partial charge in [-0.05, 0) is 41.5 Å². The van der Waals surface area contributed by atoms with Gasteiger partial charge in [0.1, 0.15) is 5.56 Å². The van der Waals surface area contributed by atoms with Crippen molar-refractivity contribution in [3.05, 3.63) is 93.9 Å². The Morgan fingerprint density at radius 3 is 2.56 bits per heavy atom. The van der Waals surface area contributed by atoms with Crippen LogP contribution in [0.25, 0.3) is 0 Å². The predicted molar refractivity (Wildman–Crippen MR) is 101 cm³/mol. The second-order valence-corrected chi connectivity index (χ2v) is 5.79. The third-order valence-electron chi connectivity index (χ3n) is 3.84. The monoisotopic (exact) mass is 363 g/mol. The summed E-state index contributed by atoms with van der Waals surface area (Å²) in [6.07, 6.45) is 2.91. The number of hydrogen-bond acceptors (Lipinski definition) is 5. The maximum atomic E-state index is 12.5. The van der Waals surface area contributed by atoms with Crippen molar-refractivity contribution < 1.29 is 15.0 Å². The Balaban J connectivity index is 1.73. The molecule has 1 heterocycles. The van der Waals surface area contributed by atoms with Crippen molar-refractivity contribution in [1.82, 2.24) is 9.99 Å². The fraction of sp³-hybridized carbons (Fsp3) is 0.0500. The number of amides is 1. The Labute approximate surface area is 154 Å². The summed E-state index contributed by atoms with van der Waals surface area (Å²) in [6, 6.07) is 16.6. The number of aromatic hydroxyl groups is 2. The summed E-state index contributed by atoms with van der Waals surface area (Å²) in [6.45, 7) is 0.358. The molecule has 1 aromatic heterocycles. The summed E-state index contributed by atoms with van der Waals surface area (Å²) in [5.74, 6) is -1.18. The molecular weight excluding hydrogens is 346 g/mol. The topological polar surface area (TPSA) is 104 Å². The first-order valence-corrected chi connectivity index (χ1v) is 8.13. The molecular formula is C20H17N3O4. The van der Waals surface area contributed by atoms with Gasteiger partial charge in [0.15, 0.2) is 11.5 Å². The molecule has 0 atom stereocenters. The maximum Gasteiger partial charge on any atom is 0.276 e. The molecule has 0 aliphatic carbocycles. The lowest BCUT2D eigenvalue weighted by Gasteiger charge is -2.07. The molecule has 2 aromatic carbocycles. The molecule has 136 valence electrons. The molecule has 27 heavy (non-hydrogen) atoms. The molecule has 0 unspecified atom stereocenters. The lowest BCUT2D eigenvalue weighted by molar-refractivity contribution is 0.0953. The molecule has 0 aliphatic rings. The average Bonchev–Trinajstić information content (AvgIpc) is 2.67. The van der Waals surface area contributed by atoms with Crippen LogP contribution in [0.5, 0.6) is 11.5 Å². The standard InChI is InChI=1S/C20H17N3O4/c24-17-9-8-15(11-18(17)25)12-21-22-19(26)16-7-4-10-23(20(16)27)13-14-5-2-1-3-6-14/h1-12,24-25H,13H2,(H,22,26)/b21-12-. The molecule has 7 heteroatoms. The minimum atomic E-state index is -0.637. The highest BCUT2D eigenvalue weighted by molar-refractivity contribution is 5.94. The number of benzene rings is 2. The number of hydrazone groups is 1. The lowest BCUT2D eigenvalue weighted by atomic mass is 10.2. The number of nitrogens with one attached hydrogen (secondary N) is 1. The van der Waals surface area contributed by atoms with E-state index in [0.717, 1.165) is 5.56 Å². The molecule has 0 fully saturated rings. The molecule has 0 spiro atoms. The quantitative estimate of drug-likeness (QED) is 0.367. The molecule has 7 nitrogen and oxygen atoms in total. The van der Waals surface area contributed by atoms with Crippen LogP contribution in [0, 0.1) is 0 Å². The Kier molecular flexibility index (Phi) is 5.32. The summed E-state index contributed by atoms with van der Waals surface area (Å²) in [5, 5.41) is 22.5. The number of carbonyl (C=O) groups is 1. The number of carbonyl (C=O) groups excluding carboxylic acids is 1. The van der Waals surface area contributed by atoms with Gasteiger partial charge >= 0.3 is 0 Å². The first-order chi connectivity index (χ1) is 13.0. The van der Waals surface area contributed by atoms with Crippen molar-refractivity contribution in [3.63, 3.8) is 0 Å². The number of phenolic OH excluding ortho intramolecular Hbond substituents is 2. The zero-order valence-corrected chi connectivity index (χ0v) is 14.2. The van der Waals surface area contributed by atoms with Crippen LogP contribution in [-0.4, -0.2) is 26.9 Å². The Morgan fingerprint density at radius 1 is 1.04 bits per heavy atom. The van der Waals surface area contributed by atoms with Crippen LogP contribution in [0.1, 0.15) is 21.5 Å². The van der Waals surface area contributed by atoms with Gasteiger partial charge in [-0.25, -0.2) is 5.43 Å². The number of aromatic nitrogens is 1. The van der Waals surface area contributed by atoms with Crippen LogP contribution in [0.15, 0.2) is 76.8 Å². The van der Waals surface area contributed by atoms with E-state index in [0.29, 0.717) is 12.1 Å². The first kappa shape index (κ1) is 17.9. The second-order valence-electron chi connectivity index (χ2n) is 5.79. The minimum Gasteiger partial charge on any atom is -0.504 e. The van der Waals surface area contributed by atoms with Crippen LogP contribution in [-0.2, 0) is 6.54 Å². The lowest BCUT2D eigenvalue weighted by Crippen LogP contribution is -2.30. The number of hydrogen-bond donors (Lipinski definition) is 3. The van der Waals surface area contributed by atoms with E-state index >= 15 is 0 Å². The average molecular weight is 363 g/mol. The Morgan fingerprint density at radius 2 is 1.81 bits per heavy atom. The van der Waals surface area contributed by atoms with Crippen molar-refractivity contribution in [2.45, 2.75) is 6.54 Å². The zero-order chi connectivity index (χ0) is 19.2. The van der Waals surface area contributed by atoms with Crippen molar-refractivity contribution in [1.29, 1.82) is 0 Å². The van der Waals surface area contributed by atoms with Gasteiger partial charge in [-0.3, -0.25) is 9.59 Å². The first-order valence-electron chi connectivity index (χ1n) is 8.13.